The van der Waals surface area contributed by atoms with Crippen LogP contribution in [0.3, 0.4) is 0 Å². The number of nitrogens with zero attached hydrogens (tertiary/aromatic N) is 2. The van der Waals surface area contributed by atoms with Crippen LogP contribution < -0.4 is 10.9 Å². The molecule has 1 aromatic carbocycles. The van der Waals surface area contributed by atoms with Crippen molar-refractivity contribution in [1.29, 1.82) is 0 Å². The SMILES string of the molecule is CNC(C)n1cnc2cc(C)ccc2c1=O. The summed E-state index contributed by atoms with van der Waals surface area (Å²) in [5.74, 6) is 0. The van der Waals surface area contributed by atoms with E-state index in [1.54, 1.807) is 10.9 Å². The fourth-order valence-corrected chi connectivity index (χ4v) is 1.66. The highest BCUT2D eigenvalue weighted by Crippen LogP contribution is 2.09. The van der Waals surface area contributed by atoms with E-state index >= 15 is 0 Å². The lowest BCUT2D eigenvalue weighted by Crippen LogP contribution is -2.30. The second kappa shape index (κ2) is 4.06. The van der Waals surface area contributed by atoms with Crippen molar-refractivity contribution in [1.82, 2.24) is 14.9 Å². The fourth-order valence-electron chi connectivity index (χ4n) is 1.66. The Morgan fingerprint density at radius 2 is 2.19 bits per heavy atom. The van der Waals surface area contributed by atoms with Crippen LogP contribution in [-0.4, -0.2) is 16.6 Å². The number of rotatable bonds is 2. The molecule has 1 atom stereocenters. The third-order valence-corrected chi connectivity index (χ3v) is 2.77. The molecule has 0 bridgehead atoms. The molecule has 1 aromatic heterocycles. The third kappa shape index (κ3) is 1.72. The van der Waals surface area contributed by atoms with E-state index in [4.69, 9.17) is 0 Å². The molecule has 1 unspecified atom stereocenters. The summed E-state index contributed by atoms with van der Waals surface area (Å²) in [5, 5.41) is 3.68. The molecular formula is C12H15N3O. The zero-order valence-electron chi connectivity index (χ0n) is 9.69. The van der Waals surface area contributed by atoms with E-state index in [-0.39, 0.29) is 11.7 Å². The van der Waals surface area contributed by atoms with Crippen molar-refractivity contribution in [2.75, 3.05) is 7.05 Å². The minimum atomic E-state index is -0.0503. The van der Waals surface area contributed by atoms with Crippen LogP contribution in [0.15, 0.2) is 29.3 Å². The molecule has 0 saturated heterocycles. The van der Waals surface area contributed by atoms with Gasteiger partial charge in [-0.05, 0) is 38.6 Å². The van der Waals surface area contributed by atoms with Gasteiger partial charge in [0.25, 0.3) is 5.56 Å². The Balaban J connectivity index is 2.71. The topological polar surface area (TPSA) is 46.9 Å². The lowest BCUT2D eigenvalue weighted by Gasteiger charge is -2.13. The van der Waals surface area contributed by atoms with Crippen molar-refractivity contribution >= 4 is 10.9 Å². The number of benzene rings is 1. The maximum Gasteiger partial charge on any atom is 0.262 e. The highest BCUT2D eigenvalue weighted by Gasteiger charge is 2.07. The molecule has 0 fully saturated rings. The lowest BCUT2D eigenvalue weighted by atomic mass is 10.2. The van der Waals surface area contributed by atoms with E-state index in [1.807, 2.05) is 39.1 Å². The van der Waals surface area contributed by atoms with Gasteiger partial charge in [0.1, 0.15) is 0 Å². The summed E-state index contributed by atoms with van der Waals surface area (Å²) in [7, 11) is 1.82. The van der Waals surface area contributed by atoms with Crippen LogP contribution in [0.5, 0.6) is 0 Å². The lowest BCUT2D eigenvalue weighted by molar-refractivity contribution is 0.460. The summed E-state index contributed by atoms with van der Waals surface area (Å²) in [6.45, 7) is 3.91. The van der Waals surface area contributed by atoms with Crippen molar-refractivity contribution in [3.8, 4) is 0 Å². The number of aryl methyl sites for hydroxylation is 1. The van der Waals surface area contributed by atoms with Crippen molar-refractivity contribution in [3.05, 3.63) is 40.4 Å². The molecule has 0 aliphatic carbocycles. The summed E-state index contributed by atoms with van der Waals surface area (Å²) >= 11 is 0. The standard InChI is InChI=1S/C12H15N3O/c1-8-4-5-10-11(6-8)14-7-15(12(10)16)9(2)13-3/h4-7,9,13H,1-3H3. The zero-order chi connectivity index (χ0) is 11.7. The van der Waals surface area contributed by atoms with Crippen LogP contribution in [0.25, 0.3) is 10.9 Å². The van der Waals surface area contributed by atoms with E-state index < -0.39 is 0 Å². The first-order valence-electron chi connectivity index (χ1n) is 5.28. The summed E-state index contributed by atoms with van der Waals surface area (Å²) in [6.07, 6.45) is 1.54. The van der Waals surface area contributed by atoms with Gasteiger partial charge < -0.3 is 5.32 Å². The van der Waals surface area contributed by atoms with Crippen LogP contribution in [0.2, 0.25) is 0 Å². The van der Waals surface area contributed by atoms with E-state index in [0.29, 0.717) is 5.39 Å². The van der Waals surface area contributed by atoms with Crippen LogP contribution in [0.4, 0.5) is 0 Å². The maximum atomic E-state index is 12.1. The Hall–Kier alpha value is -1.68. The Kier molecular flexibility index (Phi) is 2.75. The highest BCUT2D eigenvalue weighted by atomic mass is 16.1. The van der Waals surface area contributed by atoms with Crippen LogP contribution in [0, 0.1) is 6.92 Å². The molecule has 0 aliphatic heterocycles. The molecule has 2 aromatic rings. The van der Waals surface area contributed by atoms with E-state index in [9.17, 15) is 4.79 Å². The number of fused-ring (bicyclic) bond motifs is 1. The number of nitrogens with one attached hydrogen (secondary N) is 1. The Labute approximate surface area is 93.9 Å². The maximum absolute atomic E-state index is 12.1. The Morgan fingerprint density at radius 3 is 2.88 bits per heavy atom. The molecule has 0 saturated carbocycles. The molecule has 0 amide bonds. The largest absolute Gasteiger partial charge is 0.300 e. The van der Waals surface area contributed by atoms with E-state index in [0.717, 1.165) is 11.1 Å². The molecule has 4 heteroatoms. The average Bonchev–Trinajstić information content (AvgIpc) is 2.28. The molecule has 4 nitrogen and oxygen atoms in total. The second-order valence-electron chi connectivity index (χ2n) is 3.94. The predicted molar refractivity (Wildman–Crippen MR) is 64.5 cm³/mol. The fraction of sp³-hybridized carbons (Fsp3) is 0.333. The molecule has 2 rings (SSSR count). The van der Waals surface area contributed by atoms with Gasteiger partial charge in [0, 0.05) is 0 Å². The van der Waals surface area contributed by atoms with Gasteiger partial charge in [0.2, 0.25) is 0 Å². The average molecular weight is 217 g/mol. The smallest absolute Gasteiger partial charge is 0.262 e. The highest BCUT2D eigenvalue weighted by molar-refractivity contribution is 5.77. The minimum Gasteiger partial charge on any atom is -0.300 e. The van der Waals surface area contributed by atoms with Gasteiger partial charge in [-0.2, -0.15) is 0 Å². The van der Waals surface area contributed by atoms with E-state index in [2.05, 4.69) is 10.3 Å². The minimum absolute atomic E-state index is 0.00755. The molecule has 16 heavy (non-hydrogen) atoms. The monoisotopic (exact) mass is 217 g/mol. The first kappa shape index (κ1) is 10.8. The second-order valence-corrected chi connectivity index (χ2v) is 3.94. The molecule has 84 valence electrons. The van der Waals surface area contributed by atoms with Crippen molar-refractivity contribution < 1.29 is 0 Å². The molecule has 1 heterocycles. The normalized spacial score (nSPS) is 12.9. The van der Waals surface area contributed by atoms with Crippen LogP contribution in [0.1, 0.15) is 18.7 Å². The van der Waals surface area contributed by atoms with Gasteiger partial charge in [0.15, 0.2) is 0 Å². The van der Waals surface area contributed by atoms with Crippen molar-refractivity contribution in [2.24, 2.45) is 0 Å². The number of hydrogen-bond acceptors (Lipinski definition) is 3. The predicted octanol–water partition coefficient (Wildman–Crippen LogP) is 1.44. The summed E-state index contributed by atoms with van der Waals surface area (Å²) in [4.78, 5) is 16.4. The molecule has 0 aliphatic rings. The molecule has 1 N–H and O–H groups in total. The first-order valence-corrected chi connectivity index (χ1v) is 5.28. The van der Waals surface area contributed by atoms with Gasteiger partial charge in [-0.3, -0.25) is 9.36 Å². The Bertz CT molecular complexity index is 574. The van der Waals surface area contributed by atoms with Gasteiger partial charge in [-0.25, -0.2) is 4.98 Å². The zero-order valence-corrected chi connectivity index (χ0v) is 9.69. The van der Waals surface area contributed by atoms with Crippen molar-refractivity contribution in [2.45, 2.75) is 20.0 Å². The van der Waals surface area contributed by atoms with Gasteiger partial charge >= 0.3 is 0 Å². The quantitative estimate of drug-likeness (QED) is 0.828. The molecular weight excluding hydrogens is 202 g/mol. The summed E-state index contributed by atoms with van der Waals surface area (Å²) in [6, 6.07) is 5.68. The van der Waals surface area contributed by atoms with Gasteiger partial charge in [-0.1, -0.05) is 6.07 Å². The third-order valence-electron chi connectivity index (χ3n) is 2.77. The molecule has 0 radical (unpaired) electrons. The van der Waals surface area contributed by atoms with Crippen LogP contribution >= 0.6 is 0 Å². The number of aromatic nitrogens is 2. The Morgan fingerprint density at radius 1 is 1.44 bits per heavy atom. The van der Waals surface area contributed by atoms with Gasteiger partial charge in [-0.15, -0.1) is 0 Å². The first-order chi connectivity index (χ1) is 7.63. The van der Waals surface area contributed by atoms with Crippen LogP contribution in [-0.2, 0) is 0 Å². The molecule has 0 spiro atoms. The number of hydrogen-bond donors (Lipinski definition) is 1. The summed E-state index contributed by atoms with van der Waals surface area (Å²) in [5.41, 5.74) is 1.86. The van der Waals surface area contributed by atoms with Crippen molar-refractivity contribution in [3.63, 3.8) is 0 Å². The van der Waals surface area contributed by atoms with E-state index in [1.165, 1.54) is 0 Å². The van der Waals surface area contributed by atoms with Gasteiger partial charge in [0.05, 0.1) is 23.4 Å². The summed E-state index contributed by atoms with van der Waals surface area (Å²) < 4.78 is 1.59.